The Morgan fingerprint density at radius 3 is 2.68 bits per heavy atom. The third kappa shape index (κ3) is 5.83. The van der Waals surface area contributed by atoms with E-state index >= 15 is 0 Å². The molecule has 1 aliphatic heterocycles. The van der Waals surface area contributed by atoms with Gasteiger partial charge in [-0.15, -0.1) is 11.3 Å². The molecule has 9 nitrogen and oxygen atoms in total. The van der Waals surface area contributed by atoms with Gasteiger partial charge in [0, 0.05) is 40.4 Å². The zero-order valence-corrected chi connectivity index (χ0v) is 18.0. The number of halogens is 3. The number of nitrogens with one attached hydrogen (secondary N) is 2. The summed E-state index contributed by atoms with van der Waals surface area (Å²) in [5.41, 5.74) is 1.13. The first-order valence-electron chi connectivity index (χ1n) is 11.2. The summed E-state index contributed by atoms with van der Waals surface area (Å²) in [6, 6.07) is 10.2. The van der Waals surface area contributed by atoms with E-state index in [1.807, 2.05) is 12.1 Å². The molecule has 1 saturated heterocycles. The first-order chi connectivity index (χ1) is 17.2. The monoisotopic (exact) mass is 499 g/mol. The van der Waals surface area contributed by atoms with E-state index in [0.29, 0.717) is 24.1 Å². The van der Waals surface area contributed by atoms with Crippen LogP contribution in [0, 0.1) is 17.2 Å². The zero-order chi connectivity index (χ0) is 27.5. The Hall–Kier alpha value is -3.63. The van der Waals surface area contributed by atoms with Crippen molar-refractivity contribution in [2.75, 3.05) is 13.1 Å². The molecule has 2 aromatic heterocycles. The Morgan fingerprint density at radius 1 is 1.41 bits per heavy atom. The second kappa shape index (κ2) is 10.1. The number of carbonyl (C=O) groups is 2. The number of carboxylic acid groups (broad SMARTS) is 1. The molecule has 180 valence electrons. The molecule has 3 aromatic rings. The molecule has 3 heterocycles. The molecule has 1 aromatic carbocycles. The number of nitriles is 1. The van der Waals surface area contributed by atoms with Gasteiger partial charge in [0.25, 0.3) is 0 Å². The molecule has 3 N–H and O–H groups in total. The highest BCUT2D eigenvalue weighted by Crippen LogP contribution is 2.31. The zero-order valence-electron chi connectivity index (χ0n) is 20.2. The van der Waals surface area contributed by atoms with Crippen LogP contribution in [-0.2, 0) is 23.0 Å². The molecule has 13 heteroatoms. The van der Waals surface area contributed by atoms with E-state index in [1.165, 1.54) is 11.3 Å². The molecule has 1 amide bonds. The number of amides is 1. The number of oxazole rings is 1. The highest BCUT2D eigenvalue weighted by molar-refractivity contribution is 7.15. The minimum atomic E-state index is -5.08. The third-order valence-corrected chi connectivity index (χ3v) is 5.95. The van der Waals surface area contributed by atoms with Gasteiger partial charge in [0.2, 0.25) is 5.91 Å². The van der Waals surface area contributed by atoms with Crippen LogP contribution in [0.1, 0.15) is 8.99 Å². The largest absolute Gasteiger partial charge is 0.490 e. The Balaban J connectivity index is 0.000000479. The normalized spacial score (nSPS) is 16.1. The van der Waals surface area contributed by atoms with Gasteiger partial charge in [-0.2, -0.15) is 18.4 Å². The lowest BCUT2D eigenvalue weighted by atomic mass is 10.0. The highest BCUT2D eigenvalue weighted by atomic mass is 32.1. The van der Waals surface area contributed by atoms with Crippen molar-refractivity contribution in [1.82, 2.24) is 15.2 Å². The average molecular weight is 499 g/mol. The van der Waals surface area contributed by atoms with E-state index in [-0.39, 0.29) is 22.9 Å². The summed E-state index contributed by atoms with van der Waals surface area (Å²) in [4.78, 5) is 34.6. The summed E-state index contributed by atoms with van der Waals surface area (Å²) in [5.74, 6) is -3.89. The maximum Gasteiger partial charge on any atom is 0.490 e. The first-order valence-corrected chi connectivity index (χ1v) is 10.5. The van der Waals surface area contributed by atoms with Gasteiger partial charge in [0.05, 0.1) is 17.5 Å². The van der Waals surface area contributed by atoms with Gasteiger partial charge in [-0.25, -0.2) is 9.59 Å². The number of hydrogen-bond acceptors (Lipinski definition) is 7. The lowest BCUT2D eigenvalue weighted by Crippen LogP contribution is -2.52. The molecule has 0 saturated carbocycles. The topological polar surface area (TPSA) is 137 Å². The number of rotatable bonds is 5. The molecule has 0 radical (unpaired) electrons. The van der Waals surface area contributed by atoms with Gasteiger partial charge in [-0.1, -0.05) is 0 Å². The summed E-state index contributed by atoms with van der Waals surface area (Å²) < 4.78 is 60.1. The van der Waals surface area contributed by atoms with E-state index < -0.39 is 30.9 Å². The molecule has 34 heavy (non-hydrogen) atoms. The summed E-state index contributed by atoms with van der Waals surface area (Å²) in [5, 5.41) is 22.3. The lowest BCUT2D eigenvalue weighted by molar-refractivity contribution is -0.192. The fourth-order valence-electron chi connectivity index (χ4n) is 2.91. The number of aryl methyl sites for hydroxylation is 1. The van der Waals surface area contributed by atoms with E-state index in [2.05, 4.69) is 16.7 Å². The van der Waals surface area contributed by atoms with Gasteiger partial charge in [0.1, 0.15) is 6.04 Å². The van der Waals surface area contributed by atoms with Crippen LogP contribution in [-0.4, -0.2) is 46.9 Å². The number of benzene rings is 1. The maximum absolute atomic E-state index is 12.1. The van der Waals surface area contributed by atoms with Crippen LogP contribution >= 0.6 is 11.3 Å². The van der Waals surface area contributed by atoms with Gasteiger partial charge in [-0.05, 0) is 35.9 Å². The molecule has 4 rings (SSSR count). The van der Waals surface area contributed by atoms with Crippen molar-refractivity contribution in [1.29, 1.82) is 5.26 Å². The van der Waals surface area contributed by atoms with E-state index in [4.69, 9.17) is 18.4 Å². The summed E-state index contributed by atoms with van der Waals surface area (Å²) in [6.45, 7) is -1.38. The molecular formula is C21H19F3N4O5S. The number of fused-ring (bicyclic) bond motifs is 1. The number of hydrogen-bond donors (Lipinski definition) is 3. The fraction of sp³-hybridized carbons (Fsp3) is 0.333. The van der Waals surface area contributed by atoms with Crippen LogP contribution in [0.5, 0.6) is 0 Å². The van der Waals surface area contributed by atoms with E-state index in [0.717, 1.165) is 15.3 Å². The van der Waals surface area contributed by atoms with Crippen molar-refractivity contribution in [2.24, 2.45) is 12.9 Å². The van der Waals surface area contributed by atoms with E-state index in [1.54, 1.807) is 18.2 Å². The van der Waals surface area contributed by atoms with Gasteiger partial charge in [-0.3, -0.25) is 9.36 Å². The summed E-state index contributed by atoms with van der Waals surface area (Å²) >= 11 is 1.44. The van der Waals surface area contributed by atoms with Gasteiger partial charge in [0.15, 0.2) is 5.58 Å². The smallest absolute Gasteiger partial charge is 0.475 e. The Labute approximate surface area is 198 Å². The van der Waals surface area contributed by atoms with Crippen LogP contribution in [0.4, 0.5) is 13.2 Å². The predicted octanol–water partition coefficient (Wildman–Crippen LogP) is 2.26. The van der Waals surface area contributed by atoms with E-state index in [9.17, 15) is 28.0 Å². The van der Waals surface area contributed by atoms with Crippen molar-refractivity contribution < 1.29 is 36.4 Å². The van der Waals surface area contributed by atoms with Crippen molar-refractivity contribution in [3.8, 4) is 16.5 Å². The number of nitrogens with zero attached hydrogens (tertiary/aromatic N) is 2. The molecule has 1 fully saturated rings. The number of aliphatic carboxylic acids is 1. The standard InChI is InChI=1S/C19H18N4O3S.C2HF3O2/c1-23-15-6-11(2-4-16(15)26-19(23)25)17-5-3-14(27-17)7-13(8-20)22-18(24)12-9-21-10-12;3-2(4,5)1(6)7/h2-6,12-13,21H,7,9-10H2,1H3,(H,22,24);(H,6,7)/t13-;/m0./s1/i1D3;. The second-order valence-electron chi connectivity index (χ2n) is 7.20. The quantitative estimate of drug-likeness (QED) is 0.490. The number of carbonyl (C=O) groups excluding carboxylic acids is 1. The molecule has 1 aliphatic rings. The van der Waals surface area contributed by atoms with Crippen molar-refractivity contribution in [3.05, 3.63) is 45.8 Å². The maximum atomic E-state index is 12.1. The van der Waals surface area contributed by atoms with Crippen molar-refractivity contribution in [2.45, 2.75) is 18.6 Å². The summed E-state index contributed by atoms with van der Waals surface area (Å²) in [7, 11) is 0. The molecular weight excluding hydrogens is 477 g/mol. The minimum Gasteiger partial charge on any atom is -0.475 e. The fourth-order valence-corrected chi connectivity index (χ4v) is 3.96. The molecule has 0 bridgehead atoms. The Bertz CT molecular complexity index is 1400. The number of aromatic nitrogens is 1. The first kappa shape index (κ1) is 20.9. The van der Waals surface area contributed by atoms with Crippen molar-refractivity contribution in [3.63, 3.8) is 0 Å². The molecule has 1 atom stereocenters. The minimum absolute atomic E-state index is 0.0859. The summed E-state index contributed by atoms with van der Waals surface area (Å²) in [6.07, 6.45) is -4.71. The van der Waals surface area contributed by atoms with Gasteiger partial charge < -0.3 is 20.2 Å². The van der Waals surface area contributed by atoms with Crippen LogP contribution < -0.4 is 16.4 Å². The highest BCUT2D eigenvalue weighted by Gasteiger charge is 2.38. The second-order valence-corrected chi connectivity index (χ2v) is 8.37. The SMILES string of the molecule is O=C(O)C(F)(F)F.[2H]C([2H])([2H])n1c(=O)oc2ccc(-c3ccc(C[C@@H](C#N)NC(=O)C4CNC4)s3)cc21. The molecule has 0 aliphatic carbocycles. The third-order valence-electron chi connectivity index (χ3n) is 4.80. The van der Waals surface area contributed by atoms with Crippen LogP contribution in [0.2, 0.25) is 0 Å². The lowest BCUT2D eigenvalue weighted by Gasteiger charge is -2.26. The van der Waals surface area contributed by atoms with Crippen LogP contribution in [0.25, 0.3) is 21.5 Å². The van der Waals surface area contributed by atoms with Crippen LogP contribution in [0.3, 0.4) is 0 Å². The van der Waals surface area contributed by atoms with Gasteiger partial charge >= 0.3 is 17.9 Å². The Morgan fingerprint density at radius 2 is 2.12 bits per heavy atom. The van der Waals surface area contributed by atoms with Crippen LogP contribution in [0.15, 0.2) is 39.5 Å². The predicted molar refractivity (Wildman–Crippen MR) is 116 cm³/mol. The Kier molecular flexibility index (Phi) is 6.22. The molecule has 0 unspecified atom stereocenters. The number of alkyl halides is 3. The average Bonchev–Trinajstić information content (AvgIpc) is 3.34. The molecule has 0 spiro atoms. The van der Waals surface area contributed by atoms with Crippen molar-refractivity contribution >= 4 is 34.3 Å². The number of thiophene rings is 1. The number of carboxylic acids is 1.